The van der Waals surface area contributed by atoms with E-state index in [1.807, 2.05) is 12.1 Å². The van der Waals surface area contributed by atoms with Crippen LogP contribution in [0.2, 0.25) is 0 Å². The van der Waals surface area contributed by atoms with Crippen LogP contribution in [-0.4, -0.2) is 12.6 Å². The minimum atomic E-state index is -0.510. The van der Waals surface area contributed by atoms with E-state index in [4.69, 9.17) is 14.2 Å². The molecule has 0 spiro atoms. The maximum Gasteiger partial charge on any atom is 0.312 e. The first-order valence-electron chi connectivity index (χ1n) is 19.9. The van der Waals surface area contributed by atoms with Crippen LogP contribution >= 0.6 is 0 Å². The average molecular weight is 697 g/mol. The number of hydrogen-bond acceptors (Lipinski definition) is 4. The van der Waals surface area contributed by atoms with E-state index >= 15 is 0 Å². The second-order valence-corrected chi connectivity index (χ2v) is 17.6. The van der Waals surface area contributed by atoms with E-state index in [0.717, 1.165) is 75.7 Å². The lowest BCUT2D eigenvalue weighted by Crippen LogP contribution is -2.54. The molecule has 0 heterocycles. The molecule has 52 heavy (non-hydrogen) atoms. The Hall–Kier alpha value is -4.05. The molecule has 0 radical (unpaired) electrons. The first-order chi connectivity index (χ1) is 25.1. The predicted octanol–water partition coefficient (Wildman–Crippen LogP) is 11.1. The maximum atomic E-state index is 14.5. The summed E-state index contributed by atoms with van der Waals surface area (Å²) in [4.78, 5) is 14.5. The highest BCUT2D eigenvalue weighted by Gasteiger charge is 2.57. The van der Waals surface area contributed by atoms with Crippen molar-refractivity contribution >= 4 is 5.97 Å². The molecule has 0 N–H and O–H groups in total. The first kappa shape index (κ1) is 35.0. The molecular weight excluding hydrogens is 641 g/mol. The van der Waals surface area contributed by atoms with Crippen molar-refractivity contribution < 1.29 is 19.0 Å². The van der Waals surface area contributed by atoms with Crippen LogP contribution in [0.5, 0.6) is 11.5 Å². The van der Waals surface area contributed by atoms with Gasteiger partial charge in [0.05, 0.1) is 12.0 Å². The maximum absolute atomic E-state index is 14.5. The van der Waals surface area contributed by atoms with Gasteiger partial charge in [-0.2, -0.15) is 0 Å². The molecule has 2 fully saturated rings. The molecule has 4 aliphatic rings. The summed E-state index contributed by atoms with van der Waals surface area (Å²) in [6.07, 6.45) is 10.6. The van der Waals surface area contributed by atoms with Gasteiger partial charge in [0.1, 0.15) is 24.7 Å². The molecule has 0 saturated heterocycles. The lowest BCUT2D eigenvalue weighted by Gasteiger charge is -2.56. The van der Waals surface area contributed by atoms with Crippen molar-refractivity contribution in [3.05, 3.63) is 130 Å². The Kier molecular flexibility index (Phi) is 9.25. The second kappa shape index (κ2) is 13.7. The Morgan fingerprint density at radius 1 is 0.615 bits per heavy atom. The number of hydrogen-bond donors (Lipinski definition) is 0. The second-order valence-electron chi connectivity index (χ2n) is 17.6. The Bertz CT molecular complexity index is 1900. The van der Waals surface area contributed by atoms with Crippen molar-refractivity contribution in [3.63, 3.8) is 0 Å². The largest absolute Gasteiger partial charge is 0.489 e. The fourth-order valence-electron chi connectivity index (χ4n) is 11.5. The van der Waals surface area contributed by atoms with Crippen molar-refractivity contribution in [3.8, 4) is 11.5 Å². The van der Waals surface area contributed by atoms with Crippen LogP contribution in [0.3, 0.4) is 0 Å². The summed E-state index contributed by atoms with van der Waals surface area (Å²) >= 11 is 0. The van der Waals surface area contributed by atoms with Crippen LogP contribution in [0.1, 0.15) is 112 Å². The molecule has 2 saturated carbocycles. The summed E-state index contributed by atoms with van der Waals surface area (Å²) in [5.41, 5.74) is 7.37. The quantitative estimate of drug-likeness (QED) is 0.163. The normalized spacial score (nSPS) is 30.5. The molecule has 8 rings (SSSR count). The van der Waals surface area contributed by atoms with Gasteiger partial charge in [0.15, 0.2) is 0 Å². The molecule has 272 valence electrons. The van der Waals surface area contributed by atoms with E-state index in [1.165, 1.54) is 33.4 Å². The van der Waals surface area contributed by atoms with Gasteiger partial charge in [0, 0.05) is 5.41 Å². The molecule has 0 aromatic heterocycles. The zero-order valence-corrected chi connectivity index (χ0v) is 31.7. The van der Waals surface area contributed by atoms with Crippen molar-refractivity contribution in [2.75, 3.05) is 6.61 Å². The third kappa shape index (κ3) is 6.24. The van der Waals surface area contributed by atoms with E-state index in [1.54, 1.807) is 0 Å². The van der Waals surface area contributed by atoms with E-state index in [2.05, 4.69) is 113 Å². The van der Waals surface area contributed by atoms with Gasteiger partial charge in [-0.15, -0.1) is 0 Å². The number of carbonyl (C=O) groups is 1. The predicted molar refractivity (Wildman–Crippen MR) is 208 cm³/mol. The molecule has 1 unspecified atom stereocenters. The number of esters is 1. The van der Waals surface area contributed by atoms with Crippen LogP contribution in [0, 0.1) is 22.7 Å². The van der Waals surface area contributed by atoms with Gasteiger partial charge in [-0.1, -0.05) is 106 Å². The van der Waals surface area contributed by atoms with Crippen LogP contribution < -0.4 is 9.47 Å². The highest BCUT2D eigenvalue weighted by Crippen LogP contribution is 2.60. The average Bonchev–Trinajstić information content (AvgIpc) is 3.16. The van der Waals surface area contributed by atoms with Crippen molar-refractivity contribution in [1.82, 2.24) is 0 Å². The van der Waals surface area contributed by atoms with Gasteiger partial charge in [-0.05, 0) is 139 Å². The summed E-state index contributed by atoms with van der Waals surface area (Å²) < 4.78 is 19.3. The number of rotatable bonds is 9. The van der Waals surface area contributed by atoms with E-state index < -0.39 is 5.41 Å². The summed E-state index contributed by atoms with van der Waals surface area (Å²) in [6, 6.07) is 34.2. The van der Waals surface area contributed by atoms with Crippen LogP contribution in [-0.2, 0) is 46.4 Å². The molecule has 4 aromatic rings. The molecule has 4 nitrogen and oxygen atoms in total. The summed E-state index contributed by atoms with van der Waals surface area (Å²) in [7, 11) is 0. The summed E-state index contributed by atoms with van der Waals surface area (Å²) in [5.74, 6) is 2.55. The van der Waals surface area contributed by atoms with Crippen molar-refractivity contribution in [2.24, 2.45) is 22.7 Å². The zero-order valence-electron chi connectivity index (χ0n) is 31.7. The van der Waals surface area contributed by atoms with Gasteiger partial charge in [0.25, 0.3) is 0 Å². The van der Waals surface area contributed by atoms with E-state index in [0.29, 0.717) is 25.7 Å². The smallest absolute Gasteiger partial charge is 0.312 e. The number of ether oxygens (including phenoxy) is 3. The minimum Gasteiger partial charge on any atom is -0.489 e. The third-order valence-electron chi connectivity index (χ3n) is 14.3. The fraction of sp³-hybridized carbons (Fsp3) is 0.479. The number of carbonyl (C=O) groups excluding carboxylic acids is 1. The van der Waals surface area contributed by atoms with Crippen LogP contribution in [0.4, 0.5) is 0 Å². The lowest BCUT2D eigenvalue weighted by atomic mass is 9.49. The molecule has 0 aliphatic heterocycles. The topological polar surface area (TPSA) is 44.8 Å². The van der Waals surface area contributed by atoms with Gasteiger partial charge in [0.2, 0.25) is 0 Å². The molecule has 0 amide bonds. The van der Waals surface area contributed by atoms with Gasteiger partial charge < -0.3 is 14.2 Å². The lowest BCUT2D eigenvalue weighted by molar-refractivity contribution is -0.171. The molecule has 0 bridgehead atoms. The van der Waals surface area contributed by atoms with E-state index in [9.17, 15) is 4.79 Å². The third-order valence-corrected chi connectivity index (χ3v) is 14.3. The fourth-order valence-corrected chi connectivity index (χ4v) is 11.5. The molecule has 4 heteroatoms. The minimum absolute atomic E-state index is 0.0182. The molecule has 6 atom stereocenters. The van der Waals surface area contributed by atoms with E-state index in [-0.39, 0.29) is 28.1 Å². The monoisotopic (exact) mass is 696 g/mol. The summed E-state index contributed by atoms with van der Waals surface area (Å²) in [6.45, 7) is 11.1. The Balaban J connectivity index is 0.979. The Morgan fingerprint density at radius 2 is 1.12 bits per heavy atom. The van der Waals surface area contributed by atoms with Gasteiger partial charge >= 0.3 is 5.97 Å². The molecular formula is C48H56O4. The van der Waals surface area contributed by atoms with Gasteiger partial charge in [-0.25, -0.2) is 0 Å². The number of benzene rings is 4. The first-order valence-corrected chi connectivity index (χ1v) is 19.9. The van der Waals surface area contributed by atoms with Crippen LogP contribution in [0.25, 0.3) is 0 Å². The Morgan fingerprint density at radius 3 is 1.67 bits per heavy atom. The standard InChI is InChI=1S/C48H56O4/c1-45(25-11-26-46(2)40-29-38(21-17-36(40)19-23-42(45)46)50-31-34-13-7-5-8-14-34)33-52-44(49)48(4)28-12-27-47(3)41-30-39(22-18-37(41)20-24-43(47)48)51-32-35-15-9-6-10-16-35/h5-10,13-18,21-22,29-30,42-43H,11-12,19-20,23-28,31-33H2,1-4H3/t42?,43-,45+,46-,47+,48-/m1/s1. The number of aryl methyl sites for hydroxylation is 2. The number of fused-ring (bicyclic) bond motifs is 6. The molecule has 4 aliphatic carbocycles. The van der Waals surface area contributed by atoms with Crippen LogP contribution in [0.15, 0.2) is 97.1 Å². The zero-order chi connectivity index (χ0) is 36.0. The Labute approximate surface area is 311 Å². The van der Waals surface area contributed by atoms with Crippen molar-refractivity contribution in [1.29, 1.82) is 0 Å². The van der Waals surface area contributed by atoms with Crippen molar-refractivity contribution in [2.45, 2.75) is 116 Å². The summed E-state index contributed by atoms with van der Waals surface area (Å²) in [5, 5.41) is 0. The SMILES string of the molecule is C[C@@]1(COC(=O)[C@]2(C)CCC[C@@]3(C)c4cc(OCc5ccccc5)ccc4CC[C@@H]23)CCC[C@]2(C)c3cc(OCc4ccccc4)ccc3CCC12. The highest BCUT2D eigenvalue weighted by molar-refractivity contribution is 5.77. The highest BCUT2D eigenvalue weighted by atomic mass is 16.5. The molecule has 4 aromatic carbocycles. The van der Waals surface area contributed by atoms with Gasteiger partial charge in [-0.3, -0.25) is 4.79 Å².